The van der Waals surface area contributed by atoms with Crippen LogP contribution in [0.3, 0.4) is 0 Å². The number of anilines is 1. The summed E-state index contributed by atoms with van der Waals surface area (Å²) in [5.74, 6) is 1.37. The summed E-state index contributed by atoms with van der Waals surface area (Å²) in [4.78, 5) is 25.6. The number of hydrogen-bond donors (Lipinski definition) is 0. The van der Waals surface area contributed by atoms with Crippen molar-refractivity contribution in [2.75, 3.05) is 37.7 Å². The van der Waals surface area contributed by atoms with Gasteiger partial charge in [0, 0.05) is 45.1 Å². The van der Waals surface area contributed by atoms with Gasteiger partial charge in [0.05, 0.1) is 17.5 Å². The molecule has 1 aromatic carbocycles. The van der Waals surface area contributed by atoms with Crippen molar-refractivity contribution in [3.8, 4) is 5.88 Å². The first-order valence-corrected chi connectivity index (χ1v) is 10.1. The predicted molar refractivity (Wildman–Crippen MR) is 109 cm³/mol. The third kappa shape index (κ3) is 3.62. The fourth-order valence-corrected chi connectivity index (χ4v) is 3.73. The molecule has 1 amide bonds. The molecule has 0 unspecified atom stereocenters. The van der Waals surface area contributed by atoms with Crippen molar-refractivity contribution < 1.29 is 9.53 Å². The van der Waals surface area contributed by atoms with Gasteiger partial charge in [-0.25, -0.2) is 9.97 Å². The van der Waals surface area contributed by atoms with Crippen LogP contribution in [-0.4, -0.2) is 63.3 Å². The Balaban J connectivity index is 1.30. The third-order valence-corrected chi connectivity index (χ3v) is 5.71. The van der Waals surface area contributed by atoms with E-state index in [0.29, 0.717) is 30.6 Å². The van der Waals surface area contributed by atoms with Gasteiger partial charge in [-0.2, -0.15) is 5.10 Å². The standard InChI is InChI=1S/C21H24N6O2/c1-25-19(6-7-24-25)21(28)27-10-8-26(9-11-27)16-4-5-18-17(12-16)20(23-14-22-18)29-13-15-2-3-15/h4-7,12,14-15H,2-3,8-11,13H2,1H3. The van der Waals surface area contributed by atoms with Crippen molar-refractivity contribution in [2.45, 2.75) is 12.8 Å². The van der Waals surface area contributed by atoms with Gasteiger partial charge in [0.2, 0.25) is 5.88 Å². The highest BCUT2D eigenvalue weighted by molar-refractivity contribution is 5.92. The topological polar surface area (TPSA) is 76.4 Å². The third-order valence-electron chi connectivity index (χ3n) is 5.71. The number of ether oxygens (including phenoxy) is 1. The first kappa shape index (κ1) is 17.9. The smallest absolute Gasteiger partial charge is 0.272 e. The number of fused-ring (bicyclic) bond motifs is 1. The Kier molecular flexibility index (Phi) is 4.54. The maximum Gasteiger partial charge on any atom is 0.272 e. The number of carbonyl (C=O) groups excluding carboxylic acids is 1. The normalized spacial score (nSPS) is 17.0. The van der Waals surface area contributed by atoms with E-state index in [9.17, 15) is 4.79 Å². The minimum atomic E-state index is 0.0346. The second kappa shape index (κ2) is 7.35. The minimum Gasteiger partial charge on any atom is -0.477 e. The van der Waals surface area contributed by atoms with Crippen molar-refractivity contribution >= 4 is 22.5 Å². The van der Waals surface area contributed by atoms with Gasteiger partial charge >= 0.3 is 0 Å². The Morgan fingerprint density at radius 3 is 2.69 bits per heavy atom. The molecule has 0 bridgehead atoms. The average Bonchev–Trinajstić information content (AvgIpc) is 3.50. The average molecular weight is 392 g/mol. The zero-order valence-corrected chi connectivity index (χ0v) is 16.5. The number of amides is 1. The number of rotatable bonds is 5. The Hall–Kier alpha value is -3.16. The molecular formula is C21H24N6O2. The van der Waals surface area contributed by atoms with Crippen LogP contribution in [0, 0.1) is 5.92 Å². The second-order valence-corrected chi connectivity index (χ2v) is 7.75. The lowest BCUT2D eigenvalue weighted by atomic mass is 10.2. The molecule has 0 radical (unpaired) electrons. The number of hydrogen-bond acceptors (Lipinski definition) is 6. The molecule has 3 heterocycles. The number of benzene rings is 1. The van der Waals surface area contributed by atoms with E-state index in [-0.39, 0.29) is 5.91 Å². The van der Waals surface area contributed by atoms with E-state index in [4.69, 9.17) is 4.74 Å². The molecule has 5 rings (SSSR count). The van der Waals surface area contributed by atoms with Gasteiger partial charge in [-0.3, -0.25) is 9.48 Å². The van der Waals surface area contributed by atoms with Crippen LogP contribution in [0.15, 0.2) is 36.8 Å². The quantitative estimate of drug-likeness (QED) is 0.662. The summed E-state index contributed by atoms with van der Waals surface area (Å²) in [6.07, 6.45) is 5.71. The molecule has 8 heteroatoms. The lowest BCUT2D eigenvalue weighted by Gasteiger charge is -2.36. The van der Waals surface area contributed by atoms with Crippen LogP contribution in [0.25, 0.3) is 10.9 Å². The summed E-state index contributed by atoms with van der Waals surface area (Å²) < 4.78 is 7.58. The lowest BCUT2D eigenvalue weighted by Crippen LogP contribution is -2.49. The Morgan fingerprint density at radius 2 is 1.97 bits per heavy atom. The summed E-state index contributed by atoms with van der Waals surface area (Å²) in [6, 6.07) is 7.97. The van der Waals surface area contributed by atoms with Crippen LogP contribution >= 0.6 is 0 Å². The molecule has 2 aromatic heterocycles. The Morgan fingerprint density at radius 1 is 1.14 bits per heavy atom. The first-order valence-electron chi connectivity index (χ1n) is 10.1. The maximum atomic E-state index is 12.7. The van der Waals surface area contributed by atoms with E-state index in [2.05, 4.69) is 32.1 Å². The zero-order chi connectivity index (χ0) is 19.8. The Bertz CT molecular complexity index is 1040. The lowest BCUT2D eigenvalue weighted by molar-refractivity contribution is 0.0735. The van der Waals surface area contributed by atoms with Gasteiger partial charge in [-0.15, -0.1) is 0 Å². The van der Waals surface area contributed by atoms with Crippen LogP contribution in [0.5, 0.6) is 5.88 Å². The van der Waals surface area contributed by atoms with Crippen LogP contribution in [-0.2, 0) is 7.05 Å². The molecular weight excluding hydrogens is 368 g/mol. The van der Waals surface area contributed by atoms with E-state index in [1.165, 1.54) is 12.8 Å². The van der Waals surface area contributed by atoms with Gasteiger partial charge in [0.15, 0.2) is 0 Å². The van der Waals surface area contributed by atoms with Crippen molar-refractivity contribution in [1.29, 1.82) is 0 Å². The molecule has 0 N–H and O–H groups in total. The van der Waals surface area contributed by atoms with Gasteiger partial charge < -0.3 is 14.5 Å². The fraction of sp³-hybridized carbons (Fsp3) is 0.429. The number of nitrogens with zero attached hydrogens (tertiary/aromatic N) is 6. The maximum absolute atomic E-state index is 12.7. The summed E-state index contributed by atoms with van der Waals surface area (Å²) in [5.41, 5.74) is 2.62. The van der Waals surface area contributed by atoms with E-state index in [1.807, 2.05) is 11.0 Å². The number of aryl methyl sites for hydroxylation is 1. The van der Waals surface area contributed by atoms with Gasteiger partial charge in [0.25, 0.3) is 5.91 Å². The Labute approximate surface area is 169 Å². The molecule has 1 aliphatic heterocycles. The summed E-state index contributed by atoms with van der Waals surface area (Å²) in [5, 5.41) is 5.04. The van der Waals surface area contributed by atoms with Crippen LogP contribution in [0.1, 0.15) is 23.3 Å². The zero-order valence-electron chi connectivity index (χ0n) is 16.5. The monoisotopic (exact) mass is 392 g/mol. The van der Waals surface area contributed by atoms with Crippen molar-refractivity contribution in [2.24, 2.45) is 13.0 Å². The summed E-state index contributed by atoms with van der Waals surface area (Å²) in [6.45, 7) is 3.64. The fourth-order valence-electron chi connectivity index (χ4n) is 3.73. The number of aromatic nitrogens is 4. The molecule has 2 aliphatic rings. The van der Waals surface area contributed by atoms with E-state index >= 15 is 0 Å². The van der Waals surface area contributed by atoms with Gasteiger partial charge in [-0.05, 0) is 43.0 Å². The predicted octanol–water partition coefficient (Wildman–Crippen LogP) is 2.11. The molecule has 1 aliphatic carbocycles. The molecule has 8 nitrogen and oxygen atoms in total. The first-order chi connectivity index (χ1) is 14.2. The minimum absolute atomic E-state index is 0.0346. The highest BCUT2D eigenvalue weighted by Gasteiger charge is 2.25. The molecule has 3 aromatic rings. The molecule has 0 atom stereocenters. The van der Waals surface area contributed by atoms with Gasteiger partial charge in [0.1, 0.15) is 12.0 Å². The SMILES string of the molecule is Cn1nccc1C(=O)N1CCN(c2ccc3ncnc(OCC4CC4)c3c2)CC1. The largest absolute Gasteiger partial charge is 0.477 e. The van der Waals surface area contributed by atoms with Crippen LogP contribution in [0.2, 0.25) is 0 Å². The van der Waals surface area contributed by atoms with Crippen molar-refractivity contribution in [3.63, 3.8) is 0 Å². The molecule has 2 fully saturated rings. The second-order valence-electron chi connectivity index (χ2n) is 7.75. The van der Waals surface area contributed by atoms with Gasteiger partial charge in [-0.1, -0.05) is 0 Å². The number of carbonyl (C=O) groups is 1. The van der Waals surface area contributed by atoms with E-state index in [1.54, 1.807) is 30.3 Å². The molecule has 1 saturated carbocycles. The summed E-state index contributed by atoms with van der Waals surface area (Å²) >= 11 is 0. The van der Waals surface area contributed by atoms with E-state index < -0.39 is 0 Å². The highest BCUT2D eigenvalue weighted by atomic mass is 16.5. The summed E-state index contributed by atoms with van der Waals surface area (Å²) in [7, 11) is 1.80. The van der Waals surface area contributed by atoms with Crippen LogP contribution < -0.4 is 9.64 Å². The molecule has 150 valence electrons. The highest BCUT2D eigenvalue weighted by Crippen LogP contribution is 2.32. The molecule has 29 heavy (non-hydrogen) atoms. The molecule has 0 spiro atoms. The van der Waals surface area contributed by atoms with Crippen molar-refractivity contribution in [3.05, 3.63) is 42.5 Å². The van der Waals surface area contributed by atoms with E-state index in [0.717, 1.165) is 36.3 Å². The van der Waals surface area contributed by atoms with Crippen LogP contribution in [0.4, 0.5) is 5.69 Å². The van der Waals surface area contributed by atoms with Crippen molar-refractivity contribution in [1.82, 2.24) is 24.6 Å². The number of piperazine rings is 1. The molecule has 1 saturated heterocycles.